The quantitative estimate of drug-likeness (QED) is 0.115. The number of rotatable bonds is 11. The van der Waals surface area contributed by atoms with Crippen molar-refractivity contribution in [2.75, 3.05) is 17.7 Å². The average molecular weight is 584 g/mol. The van der Waals surface area contributed by atoms with Crippen molar-refractivity contribution < 1.29 is 14.3 Å². The molecular weight excluding hydrogens is 552 g/mol. The van der Waals surface area contributed by atoms with Crippen molar-refractivity contribution in [3.8, 4) is 5.75 Å². The smallest absolute Gasteiger partial charge is 0.338 e. The van der Waals surface area contributed by atoms with Crippen LogP contribution in [0.4, 0.5) is 5.95 Å². The Morgan fingerprint density at radius 1 is 1.24 bits per heavy atom. The lowest BCUT2D eigenvalue weighted by molar-refractivity contribution is -0.138. The number of ether oxygens (including phenoxy) is 2. The van der Waals surface area contributed by atoms with Gasteiger partial charge in [-0.1, -0.05) is 83.5 Å². The molecule has 2 aromatic carbocycles. The van der Waals surface area contributed by atoms with Gasteiger partial charge >= 0.3 is 5.97 Å². The lowest BCUT2D eigenvalue weighted by Gasteiger charge is -2.29. The van der Waals surface area contributed by atoms with E-state index in [1.165, 1.54) is 5.56 Å². The summed E-state index contributed by atoms with van der Waals surface area (Å²) in [6, 6.07) is 13.4. The molecule has 0 saturated heterocycles. The summed E-state index contributed by atoms with van der Waals surface area (Å²) in [5.41, 5.74) is 4.14. The first-order valence-electron chi connectivity index (χ1n) is 12.2. The number of nitrogens with one attached hydrogen (secondary N) is 1. The number of aromatic nitrogens is 3. The molecule has 3 aromatic rings. The van der Waals surface area contributed by atoms with Crippen LogP contribution in [0.2, 0.25) is 0 Å². The van der Waals surface area contributed by atoms with Crippen LogP contribution in [0, 0.1) is 6.92 Å². The zero-order valence-corrected chi connectivity index (χ0v) is 23.7. The van der Waals surface area contributed by atoms with E-state index in [1.807, 2.05) is 25.1 Å². The molecule has 0 aliphatic carbocycles. The number of allylic oxidation sites excluding steroid dienone is 1. The minimum atomic E-state index is -0.591. The van der Waals surface area contributed by atoms with Crippen molar-refractivity contribution >= 4 is 39.6 Å². The molecule has 4 rings (SSSR count). The summed E-state index contributed by atoms with van der Waals surface area (Å²) in [6.45, 7) is 10.2. The van der Waals surface area contributed by atoms with Gasteiger partial charge in [-0.2, -0.15) is 4.98 Å². The summed E-state index contributed by atoms with van der Waals surface area (Å²) in [4.78, 5) is 18.0. The summed E-state index contributed by atoms with van der Waals surface area (Å²) >= 11 is 5.21. The van der Waals surface area contributed by atoms with Crippen LogP contribution in [-0.2, 0) is 16.1 Å². The fraction of sp³-hybridized carbons (Fsp3) is 0.321. The molecule has 0 bridgehead atoms. The maximum atomic E-state index is 13.3. The van der Waals surface area contributed by atoms with Gasteiger partial charge in [-0.05, 0) is 44.0 Å². The summed E-state index contributed by atoms with van der Waals surface area (Å²) in [6.07, 6.45) is 3.73. The monoisotopic (exact) mass is 582 g/mol. The van der Waals surface area contributed by atoms with Crippen molar-refractivity contribution in [3.05, 3.63) is 87.6 Å². The van der Waals surface area contributed by atoms with Crippen LogP contribution in [0.25, 0.3) is 0 Å². The topological polar surface area (TPSA) is 78.3 Å². The third kappa shape index (κ3) is 6.45. The van der Waals surface area contributed by atoms with Crippen LogP contribution >= 0.6 is 27.7 Å². The molecule has 7 nitrogen and oxygen atoms in total. The van der Waals surface area contributed by atoms with Gasteiger partial charge in [0.05, 0.1) is 5.57 Å². The van der Waals surface area contributed by atoms with Crippen LogP contribution in [-0.4, -0.2) is 33.1 Å². The predicted molar refractivity (Wildman–Crippen MR) is 151 cm³/mol. The first kappa shape index (κ1) is 27.0. The standard InChI is InChI=1S/C28H31BrN4O3S/c1-5-7-15-37-28-31-27-30-19(4)24(26(34)35-14-6-2)25(33(27)32-28)22-16-21(29)12-13-23(22)36-17-20-10-8-18(3)9-11-20/h6,8-13,16,25H,2,5,7,14-15,17H2,1,3-4H3,(H,30,31,32). The number of aryl methyl sites for hydroxylation is 1. The van der Waals surface area contributed by atoms with Gasteiger partial charge in [0.2, 0.25) is 11.1 Å². The van der Waals surface area contributed by atoms with Gasteiger partial charge in [-0.15, -0.1) is 5.10 Å². The molecule has 1 unspecified atom stereocenters. The predicted octanol–water partition coefficient (Wildman–Crippen LogP) is 6.84. The molecule has 0 fully saturated rings. The molecular formula is C28H31BrN4O3S. The highest BCUT2D eigenvalue weighted by molar-refractivity contribution is 9.10. The summed E-state index contributed by atoms with van der Waals surface area (Å²) in [7, 11) is 0. The number of hydrogen-bond acceptors (Lipinski definition) is 7. The molecule has 2 heterocycles. The number of nitrogens with zero attached hydrogens (tertiary/aromatic N) is 3. The van der Waals surface area contributed by atoms with E-state index in [0.29, 0.717) is 34.7 Å². The number of carbonyl (C=O) groups excluding carboxylic acids is 1. The molecule has 1 aromatic heterocycles. The molecule has 0 spiro atoms. The zero-order valence-electron chi connectivity index (χ0n) is 21.3. The van der Waals surface area contributed by atoms with Crippen LogP contribution in [0.1, 0.15) is 49.4 Å². The molecule has 0 saturated carbocycles. The minimum absolute atomic E-state index is 0.111. The van der Waals surface area contributed by atoms with Gasteiger partial charge in [0.15, 0.2) is 0 Å². The van der Waals surface area contributed by atoms with Crippen LogP contribution in [0.3, 0.4) is 0 Å². The molecule has 0 radical (unpaired) electrons. The number of esters is 1. The largest absolute Gasteiger partial charge is 0.489 e. The Hall–Kier alpha value is -3.04. The Morgan fingerprint density at radius 3 is 2.76 bits per heavy atom. The van der Waals surface area contributed by atoms with Gasteiger partial charge in [0, 0.05) is 21.5 Å². The molecule has 1 aliphatic heterocycles. The second kappa shape index (κ2) is 12.5. The number of fused-ring (bicyclic) bond motifs is 1. The molecule has 1 aliphatic rings. The fourth-order valence-electron chi connectivity index (χ4n) is 3.97. The van der Waals surface area contributed by atoms with E-state index >= 15 is 0 Å². The van der Waals surface area contributed by atoms with Crippen molar-refractivity contribution in [2.45, 2.75) is 51.4 Å². The SMILES string of the molecule is C=CCOC(=O)C1=C(C)Nc2nc(SCCCC)nn2C1c1cc(Br)ccc1OCc1ccc(C)cc1. The van der Waals surface area contributed by atoms with Crippen molar-refractivity contribution in [1.82, 2.24) is 14.8 Å². The molecule has 0 amide bonds. The van der Waals surface area contributed by atoms with Crippen LogP contribution in [0.5, 0.6) is 5.75 Å². The fourth-order valence-corrected chi connectivity index (χ4v) is 5.27. The lowest BCUT2D eigenvalue weighted by Crippen LogP contribution is -2.30. The van der Waals surface area contributed by atoms with E-state index < -0.39 is 12.0 Å². The second-order valence-electron chi connectivity index (χ2n) is 8.77. The Morgan fingerprint density at radius 2 is 2.03 bits per heavy atom. The minimum Gasteiger partial charge on any atom is -0.489 e. The highest BCUT2D eigenvalue weighted by Gasteiger charge is 2.37. The molecule has 1 atom stereocenters. The Kier molecular flexibility index (Phi) is 9.10. The number of anilines is 1. The zero-order chi connectivity index (χ0) is 26.4. The van der Waals surface area contributed by atoms with Gasteiger partial charge < -0.3 is 14.8 Å². The maximum absolute atomic E-state index is 13.3. The van der Waals surface area contributed by atoms with Crippen molar-refractivity contribution in [1.29, 1.82) is 0 Å². The van der Waals surface area contributed by atoms with Gasteiger partial charge in [-0.3, -0.25) is 0 Å². The maximum Gasteiger partial charge on any atom is 0.338 e. The second-order valence-corrected chi connectivity index (χ2v) is 10.8. The third-order valence-electron chi connectivity index (χ3n) is 5.90. The number of unbranched alkanes of at least 4 members (excludes halogenated alkanes) is 1. The van der Waals surface area contributed by atoms with E-state index in [1.54, 1.807) is 22.5 Å². The molecule has 1 N–H and O–H groups in total. The van der Waals surface area contributed by atoms with E-state index in [-0.39, 0.29) is 6.61 Å². The van der Waals surface area contributed by atoms with E-state index in [9.17, 15) is 4.79 Å². The Bertz CT molecular complexity index is 1300. The van der Waals surface area contributed by atoms with E-state index in [0.717, 1.165) is 34.2 Å². The molecule has 9 heteroatoms. The van der Waals surface area contributed by atoms with Gasteiger partial charge in [-0.25, -0.2) is 9.48 Å². The number of halogens is 1. The number of carbonyl (C=O) groups is 1. The van der Waals surface area contributed by atoms with Gasteiger partial charge in [0.1, 0.15) is 25.0 Å². The first-order chi connectivity index (χ1) is 17.9. The Labute approximate surface area is 230 Å². The van der Waals surface area contributed by atoms with Crippen molar-refractivity contribution in [2.24, 2.45) is 0 Å². The van der Waals surface area contributed by atoms with Crippen LogP contribution < -0.4 is 10.1 Å². The molecule has 37 heavy (non-hydrogen) atoms. The summed E-state index contributed by atoms with van der Waals surface area (Å²) in [5.74, 6) is 1.71. The van der Waals surface area contributed by atoms with Gasteiger partial charge in [0.25, 0.3) is 0 Å². The Balaban J connectivity index is 1.76. The number of hydrogen-bond donors (Lipinski definition) is 1. The molecule has 194 valence electrons. The first-order valence-corrected chi connectivity index (χ1v) is 14.0. The lowest BCUT2D eigenvalue weighted by atomic mass is 9.95. The van der Waals surface area contributed by atoms with E-state index in [4.69, 9.17) is 19.6 Å². The van der Waals surface area contributed by atoms with Crippen molar-refractivity contribution in [3.63, 3.8) is 0 Å². The summed E-state index contributed by atoms with van der Waals surface area (Å²) < 4.78 is 14.4. The highest BCUT2D eigenvalue weighted by atomic mass is 79.9. The van der Waals surface area contributed by atoms with E-state index in [2.05, 4.69) is 65.9 Å². The number of thioether (sulfide) groups is 1. The average Bonchev–Trinajstić information content (AvgIpc) is 3.29. The number of benzene rings is 2. The van der Waals surface area contributed by atoms with Crippen LogP contribution in [0.15, 0.2) is 76.0 Å². The highest BCUT2D eigenvalue weighted by Crippen LogP contribution is 2.41. The summed E-state index contributed by atoms with van der Waals surface area (Å²) in [5, 5.41) is 8.71. The third-order valence-corrected chi connectivity index (χ3v) is 7.31. The normalized spacial score (nSPS) is 14.6.